The molecule has 1 aromatic heterocycles. The first kappa shape index (κ1) is 16.3. The lowest BCUT2D eigenvalue weighted by Gasteiger charge is -1.97. The van der Waals surface area contributed by atoms with Crippen LogP contribution >= 0.6 is 0 Å². The SMILES string of the molecule is NC(N)=NCCCc1ccccn1.O=S(=O)(O)O. The molecule has 0 bridgehead atoms. The van der Waals surface area contributed by atoms with Gasteiger partial charge in [-0.15, -0.1) is 0 Å². The molecule has 0 fully saturated rings. The highest BCUT2D eigenvalue weighted by molar-refractivity contribution is 7.79. The predicted octanol–water partition coefficient (Wildman–Crippen LogP) is -0.365. The van der Waals surface area contributed by atoms with Crippen LogP contribution in [0.1, 0.15) is 12.1 Å². The Bertz CT molecular complexity index is 449. The van der Waals surface area contributed by atoms with Gasteiger partial charge in [-0.05, 0) is 25.0 Å². The van der Waals surface area contributed by atoms with Gasteiger partial charge in [0.2, 0.25) is 0 Å². The van der Waals surface area contributed by atoms with E-state index in [4.69, 9.17) is 29.0 Å². The summed E-state index contributed by atoms with van der Waals surface area (Å²) in [6.07, 6.45) is 3.63. The number of aromatic nitrogens is 1. The molecule has 0 atom stereocenters. The number of aliphatic imine (C=N–C) groups is 1. The Morgan fingerprint density at radius 2 is 1.94 bits per heavy atom. The fourth-order valence-corrected chi connectivity index (χ4v) is 1.01. The number of hydrogen-bond acceptors (Lipinski definition) is 4. The summed E-state index contributed by atoms with van der Waals surface area (Å²) in [5.74, 6) is 0.154. The Morgan fingerprint density at radius 3 is 2.39 bits per heavy atom. The van der Waals surface area contributed by atoms with Crippen molar-refractivity contribution in [3.8, 4) is 0 Å². The van der Waals surface area contributed by atoms with Gasteiger partial charge in [0.25, 0.3) is 0 Å². The van der Waals surface area contributed by atoms with Gasteiger partial charge in [0.05, 0.1) is 0 Å². The molecule has 0 amide bonds. The van der Waals surface area contributed by atoms with Crippen LogP contribution < -0.4 is 11.5 Å². The third kappa shape index (κ3) is 14.3. The van der Waals surface area contributed by atoms with Crippen molar-refractivity contribution in [3.63, 3.8) is 0 Å². The summed E-state index contributed by atoms with van der Waals surface area (Å²) >= 11 is 0. The second-order valence-corrected chi connectivity index (χ2v) is 4.07. The van der Waals surface area contributed by atoms with Crippen molar-refractivity contribution in [1.82, 2.24) is 4.98 Å². The number of hydrogen-bond donors (Lipinski definition) is 4. The molecule has 0 radical (unpaired) electrons. The first-order valence-corrected chi connectivity index (χ1v) is 6.34. The van der Waals surface area contributed by atoms with Gasteiger partial charge in [-0.1, -0.05) is 6.07 Å². The second-order valence-electron chi connectivity index (χ2n) is 3.18. The van der Waals surface area contributed by atoms with E-state index in [2.05, 4.69) is 9.98 Å². The van der Waals surface area contributed by atoms with Gasteiger partial charge >= 0.3 is 10.4 Å². The van der Waals surface area contributed by atoms with E-state index in [1.807, 2.05) is 18.2 Å². The topological polar surface area (TPSA) is 152 Å². The summed E-state index contributed by atoms with van der Waals surface area (Å²) in [7, 11) is -4.67. The van der Waals surface area contributed by atoms with Gasteiger partial charge in [-0.3, -0.25) is 19.1 Å². The molecule has 0 saturated heterocycles. The Morgan fingerprint density at radius 1 is 1.33 bits per heavy atom. The lowest BCUT2D eigenvalue weighted by atomic mass is 10.2. The van der Waals surface area contributed by atoms with Crippen molar-refractivity contribution in [2.45, 2.75) is 12.8 Å². The standard InChI is InChI=1S/C9H14N4.H2O4S/c10-9(11)13-7-3-5-8-4-1-2-6-12-8;1-5(2,3)4/h1-2,4,6H,3,5,7H2,(H4,10,11,13);(H2,1,2,3,4). The van der Waals surface area contributed by atoms with E-state index in [0.717, 1.165) is 18.5 Å². The van der Waals surface area contributed by atoms with Crippen LogP contribution in [0.15, 0.2) is 29.4 Å². The monoisotopic (exact) mass is 276 g/mol. The highest BCUT2D eigenvalue weighted by atomic mass is 32.3. The number of pyridine rings is 1. The van der Waals surface area contributed by atoms with E-state index < -0.39 is 10.4 Å². The molecule has 0 aliphatic rings. The summed E-state index contributed by atoms with van der Waals surface area (Å²) in [5, 5.41) is 0. The molecule has 0 aromatic carbocycles. The van der Waals surface area contributed by atoms with Gasteiger partial charge in [0.15, 0.2) is 5.96 Å². The zero-order valence-corrected chi connectivity index (χ0v) is 10.4. The summed E-state index contributed by atoms with van der Waals surface area (Å²) < 4.78 is 31.6. The largest absolute Gasteiger partial charge is 0.394 e. The molecular weight excluding hydrogens is 260 g/mol. The molecule has 8 nitrogen and oxygen atoms in total. The van der Waals surface area contributed by atoms with E-state index in [-0.39, 0.29) is 5.96 Å². The van der Waals surface area contributed by atoms with Gasteiger partial charge in [0.1, 0.15) is 0 Å². The van der Waals surface area contributed by atoms with Crippen molar-refractivity contribution < 1.29 is 17.5 Å². The summed E-state index contributed by atoms with van der Waals surface area (Å²) in [5.41, 5.74) is 11.4. The maximum Gasteiger partial charge on any atom is 0.394 e. The van der Waals surface area contributed by atoms with Crippen molar-refractivity contribution in [2.24, 2.45) is 16.5 Å². The first-order chi connectivity index (χ1) is 8.29. The molecule has 18 heavy (non-hydrogen) atoms. The van der Waals surface area contributed by atoms with Crippen LogP contribution in [-0.2, 0) is 16.8 Å². The average molecular weight is 276 g/mol. The molecular formula is C9H16N4O4S. The van der Waals surface area contributed by atoms with E-state index >= 15 is 0 Å². The third-order valence-electron chi connectivity index (χ3n) is 1.61. The molecule has 0 unspecified atom stereocenters. The zero-order valence-electron chi connectivity index (χ0n) is 9.60. The normalized spacial score (nSPS) is 10.1. The van der Waals surface area contributed by atoms with E-state index in [1.54, 1.807) is 6.20 Å². The Hall–Kier alpha value is -1.71. The second kappa shape index (κ2) is 8.39. The maximum absolute atomic E-state index is 8.74. The van der Waals surface area contributed by atoms with E-state index in [9.17, 15) is 0 Å². The first-order valence-electron chi connectivity index (χ1n) is 4.94. The van der Waals surface area contributed by atoms with Crippen LogP contribution in [0.2, 0.25) is 0 Å². The van der Waals surface area contributed by atoms with Crippen LogP contribution in [0.25, 0.3) is 0 Å². The Balaban J connectivity index is 0.000000494. The van der Waals surface area contributed by atoms with E-state index in [1.165, 1.54) is 0 Å². The fraction of sp³-hybridized carbons (Fsp3) is 0.333. The minimum Gasteiger partial charge on any atom is -0.370 e. The molecule has 0 spiro atoms. The number of nitrogens with two attached hydrogens (primary N) is 2. The number of rotatable bonds is 4. The van der Waals surface area contributed by atoms with Crippen molar-refractivity contribution in [2.75, 3.05) is 6.54 Å². The van der Waals surface area contributed by atoms with Crippen molar-refractivity contribution >= 4 is 16.4 Å². The molecule has 6 N–H and O–H groups in total. The van der Waals surface area contributed by atoms with Crippen LogP contribution in [0.5, 0.6) is 0 Å². The van der Waals surface area contributed by atoms with Crippen LogP contribution in [0.4, 0.5) is 0 Å². The lowest BCUT2D eigenvalue weighted by Crippen LogP contribution is -2.23. The van der Waals surface area contributed by atoms with Gasteiger partial charge < -0.3 is 11.5 Å². The predicted molar refractivity (Wildman–Crippen MR) is 67.4 cm³/mol. The van der Waals surface area contributed by atoms with E-state index in [0.29, 0.717) is 6.54 Å². The molecule has 1 heterocycles. The van der Waals surface area contributed by atoms with Gasteiger partial charge in [-0.25, -0.2) is 0 Å². The fourth-order valence-electron chi connectivity index (χ4n) is 1.01. The van der Waals surface area contributed by atoms with Crippen molar-refractivity contribution in [3.05, 3.63) is 30.1 Å². The molecule has 0 aliphatic heterocycles. The molecule has 9 heteroatoms. The summed E-state index contributed by atoms with van der Waals surface area (Å²) in [6, 6.07) is 5.87. The maximum atomic E-state index is 8.74. The molecule has 1 rings (SSSR count). The highest BCUT2D eigenvalue weighted by Crippen LogP contribution is 1.97. The van der Waals surface area contributed by atoms with Gasteiger partial charge in [0, 0.05) is 18.4 Å². The molecule has 102 valence electrons. The number of aryl methyl sites for hydroxylation is 1. The third-order valence-corrected chi connectivity index (χ3v) is 1.61. The van der Waals surface area contributed by atoms with Gasteiger partial charge in [-0.2, -0.15) is 8.42 Å². The summed E-state index contributed by atoms with van der Waals surface area (Å²) in [6.45, 7) is 0.666. The lowest BCUT2D eigenvalue weighted by molar-refractivity contribution is 0.381. The highest BCUT2D eigenvalue weighted by Gasteiger charge is 1.91. The van der Waals surface area contributed by atoms with Crippen LogP contribution in [0, 0.1) is 0 Å². The molecule has 0 saturated carbocycles. The number of guanidine groups is 1. The zero-order chi connectivity index (χ0) is 14.0. The minimum atomic E-state index is -4.67. The smallest absolute Gasteiger partial charge is 0.370 e. The van der Waals surface area contributed by atoms with Crippen molar-refractivity contribution in [1.29, 1.82) is 0 Å². The minimum absolute atomic E-state index is 0.154. The molecule has 1 aromatic rings. The number of nitrogens with zero attached hydrogens (tertiary/aromatic N) is 2. The molecule has 0 aliphatic carbocycles. The average Bonchev–Trinajstić information content (AvgIpc) is 2.23. The Kier molecular flexibility index (Phi) is 7.59. The van der Waals surface area contributed by atoms with Crippen LogP contribution in [-0.4, -0.2) is 35.0 Å². The van der Waals surface area contributed by atoms with Crippen LogP contribution in [0.3, 0.4) is 0 Å². The quantitative estimate of drug-likeness (QED) is 0.253. The summed E-state index contributed by atoms with van der Waals surface area (Å²) in [4.78, 5) is 8.07. The Labute approximate surface area is 105 Å².